The van der Waals surface area contributed by atoms with Crippen molar-refractivity contribution in [3.63, 3.8) is 0 Å². The smallest absolute Gasteiger partial charge is 0.229 e. The van der Waals surface area contributed by atoms with Crippen LogP contribution in [0.15, 0.2) is 36.5 Å². The van der Waals surface area contributed by atoms with Crippen molar-refractivity contribution < 1.29 is 0 Å². The molecule has 3 rings (SSSR count). The molecule has 24 heavy (non-hydrogen) atoms. The Morgan fingerprint density at radius 2 is 1.96 bits per heavy atom. The zero-order valence-corrected chi connectivity index (χ0v) is 14.9. The van der Waals surface area contributed by atoms with Crippen molar-refractivity contribution >= 4 is 23.1 Å². The lowest BCUT2D eigenvalue weighted by atomic mass is 10.0. The third-order valence-corrected chi connectivity index (χ3v) is 4.67. The molecule has 2 aromatic rings. The second kappa shape index (κ2) is 7.51. The van der Waals surface area contributed by atoms with Gasteiger partial charge in [-0.2, -0.15) is 4.98 Å². The summed E-state index contributed by atoms with van der Waals surface area (Å²) in [6.45, 7) is 3.35. The van der Waals surface area contributed by atoms with Crippen LogP contribution in [-0.4, -0.2) is 36.6 Å². The molecule has 0 radical (unpaired) electrons. The standard InChI is InChI=1S/C19H27N5/c1-4-16-7-5-6-14-24(16)18-12-13-20-19(22-18)21-15-8-10-17(11-9-15)23(2)3/h8-13,16H,4-7,14H2,1-3H3,(H,20,21,22). The molecule has 0 bridgehead atoms. The highest BCUT2D eigenvalue weighted by Crippen LogP contribution is 2.26. The van der Waals surface area contributed by atoms with E-state index in [-0.39, 0.29) is 0 Å². The topological polar surface area (TPSA) is 44.3 Å². The van der Waals surface area contributed by atoms with Crippen molar-refractivity contribution in [1.82, 2.24) is 9.97 Å². The summed E-state index contributed by atoms with van der Waals surface area (Å²) in [6.07, 6.45) is 6.84. The van der Waals surface area contributed by atoms with Crippen LogP contribution >= 0.6 is 0 Å². The van der Waals surface area contributed by atoms with E-state index >= 15 is 0 Å². The van der Waals surface area contributed by atoms with Gasteiger partial charge in [0.05, 0.1) is 0 Å². The quantitative estimate of drug-likeness (QED) is 0.898. The van der Waals surface area contributed by atoms with Gasteiger partial charge in [-0.15, -0.1) is 0 Å². The predicted molar refractivity (Wildman–Crippen MR) is 101 cm³/mol. The van der Waals surface area contributed by atoms with Crippen LogP contribution in [0.3, 0.4) is 0 Å². The molecule has 1 saturated heterocycles. The van der Waals surface area contributed by atoms with Crippen molar-refractivity contribution in [2.24, 2.45) is 0 Å². The first kappa shape index (κ1) is 16.6. The highest BCUT2D eigenvalue weighted by Gasteiger charge is 2.22. The molecule has 5 nitrogen and oxygen atoms in total. The number of anilines is 4. The highest BCUT2D eigenvalue weighted by molar-refractivity contribution is 5.59. The molecule has 0 amide bonds. The van der Waals surface area contributed by atoms with E-state index in [9.17, 15) is 0 Å². The van der Waals surface area contributed by atoms with Crippen LogP contribution in [0.1, 0.15) is 32.6 Å². The van der Waals surface area contributed by atoms with Gasteiger partial charge in [0, 0.05) is 44.3 Å². The largest absolute Gasteiger partial charge is 0.378 e. The molecule has 1 aromatic heterocycles. The third-order valence-electron chi connectivity index (χ3n) is 4.67. The molecule has 1 unspecified atom stereocenters. The molecule has 1 aliphatic rings. The minimum Gasteiger partial charge on any atom is -0.378 e. The minimum absolute atomic E-state index is 0.598. The zero-order chi connectivity index (χ0) is 16.9. The minimum atomic E-state index is 0.598. The Balaban J connectivity index is 1.75. The summed E-state index contributed by atoms with van der Waals surface area (Å²) in [5.74, 6) is 1.69. The van der Waals surface area contributed by atoms with Crippen LogP contribution in [0.5, 0.6) is 0 Å². The number of nitrogens with one attached hydrogen (secondary N) is 1. The second-order valence-electron chi connectivity index (χ2n) is 6.56. The van der Waals surface area contributed by atoms with Gasteiger partial charge in [-0.1, -0.05) is 6.92 Å². The van der Waals surface area contributed by atoms with Crippen LogP contribution < -0.4 is 15.1 Å². The lowest BCUT2D eigenvalue weighted by Gasteiger charge is -2.36. The fourth-order valence-corrected chi connectivity index (χ4v) is 3.27. The molecule has 1 atom stereocenters. The van der Waals surface area contributed by atoms with Crippen molar-refractivity contribution in [2.75, 3.05) is 35.8 Å². The maximum absolute atomic E-state index is 4.74. The molecule has 1 aliphatic heterocycles. The van der Waals surface area contributed by atoms with E-state index in [2.05, 4.69) is 51.3 Å². The van der Waals surface area contributed by atoms with Gasteiger partial charge in [-0.3, -0.25) is 0 Å². The van der Waals surface area contributed by atoms with Gasteiger partial charge in [-0.05, 0) is 56.0 Å². The van der Waals surface area contributed by atoms with Crippen LogP contribution in [0.25, 0.3) is 0 Å². The van der Waals surface area contributed by atoms with Crippen LogP contribution in [0.4, 0.5) is 23.1 Å². The predicted octanol–water partition coefficient (Wildman–Crippen LogP) is 4.06. The number of piperidine rings is 1. The number of aromatic nitrogens is 2. The van der Waals surface area contributed by atoms with Crippen molar-refractivity contribution in [3.05, 3.63) is 36.5 Å². The number of hydrogen-bond acceptors (Lipinski definition) is 5. The lowest BCUT2D eigenvalue weighted by molar-refractivity contribution is 0.447. The summed E-state index contributed by atoms with van der Waals surface area (Å²) in [6, 6.07) is 10.9. The fourth-order valence-electron chi connectivity index (χ4n) is 3.27. The molecule has 2 heterocycles. The summed E-state index contributed by atoms with van der Waals surface area (Å²) < 4.78 is 0. The van der Waals surface area contributed by atoms with Crippen molar-refractivity contribution in [2.45, 2.75) is 38.6 Å². The van der Waals surface area contributed by atoms with Gasteiger partial charge in [0.25, 0.3) is 0 Å². The first-order chi connectivity index (χ1) is 11.7. The lowest BCUT2D eigenvalue weighted by Crippen LogP contribution is -2.39. The van der Waals surface area contributed by atoms with Crippen molar-refractivity contribution in [3.8, 4) is 0 Å². The van der Waals surface area contributed by atoms with Crippen LogP contribution in [0.2, 0.25) is 0 Å². The molecule has 1 aromatic carbocycles. The molecule has 1 fully saturated rings. The third kappa shape index (κ3) is 3.78. The van der Waals surface area contributed by atoms with E-state index in [0.717, 1.165) is 18.1 Å². The summed E-state index contributed by atoms with van der Waals surface area (Å²) in [4.78, 5) is 13.6. The van der Waals surface area contributed by atoms with Gasteiger partial charge in [0.2, 0.25) is 5.95 Å². The SMILES string of the molecule is CCC1CCCCN1c1ccnc(Nc2ccc(N(C)C)cc2)n1. The average Bonchev–Trinajstić information content (AvgIpc) is 2.62. The Labute approximate surface area is 144 Å². The van der Waals surface area contributed by atoms with Crippen LogP contribution in [-0.2, 0) is 0 Å². The molecule has 0 saturated carbocycles. The monoisotopic (exact) mass is 325 g/mol. The Bertz CT molecular complexity index is 653. The van der Waals surface area contributed by atoms with Gasteiger partial charge in [0.1, 0.15) is 5.82 Å². The van der Waals surface area contributed by atoms with E-state index in [1.54, 1.807) is 0 Å². The molecule has 5 heteroatoms. The van der Waals surface area contributed by atoms with Gasteiger partial charge in [-0.25, -0.2) is 4.98 Å². The molecular formula is C19H27N5. The number of nitrogens with zero attached hydrogens (tertiary/aromatic N) is 4. The van der Waals surface area contributed by atoms with Gasteiger partial charge >= 0.3 is 0 Å². The summed E-state index contributed by atoms with van der Waals surface area (Å²) in [5.41, 5.74) is 2.18. The zero-order valence-electron chi connectivity index (χ0n) is 14.9. The Kier molecular flexibility index (Phi) is 5.18. The first-order valence-corrected chi connectivity index (χ1v) is 8.81. The summed E-state index contributed by atoms with van der Waals surface area (Å²) in [5, 5.41) is 3.31. The van der Waals surface area contributed by atoms with E-state index in [0.29, 0.717) is 12.0 Å². The second-order valence-corrected chi connectivity index (χ2v) is 6.56. The number of benzene rings is 1. The molecule has 0 spiro atoms. The van der Waals surface area contributed by atoms with E-state index in [1.807, 2.05) is 26.4 Å². The van der Waals surface area contributed by atoms with E-state index in [1.165, 1.54) is 31.4 Å². The maximum Gasteiger partial charge on any atom is 0.229 e. The Hall–Kier alpha value is -2.30. The van der Waals surface area contributed by atoms with Gasteiger partial charge in [0.15, 0.2) is 0 Å². The summed E-state index contributed by atoms with van der Waals surface area (Å²) in [7, 11) is 4.08. The molecular weight excluding hydrogens is 298 g/mol. The summed E-state index contributed by atoms with van der Waals surface area (Å²) >= 11 is 0. The van der Waals surface area contributed by atoms with Crippen LogP contribution in [0, 0.1) is 0 Å². The Morgan fingerprint density at radius 3 is 2.67 bits per heavy atom. The Morgan fingerprint density at radius 1 is 1.17 bits per heavy atom. The molecule has 128 valence electrons. The first-order valence-electron chi connectivity index (χ1n) is 8.81. The normalized spacial score (nSPS) is 17.6. The molecule has 1 N–H and O–H groups in total. The number of hydrogen-bond donors (Lipinski definition) is 1. The van der Waals surface area contributed by atoms with Gasteiger partial charge < -0.3 is 15.1 Å². The average molecular weight is 325 g/mol. The van der Waals surface area contributed by atoms with E-state index in [4.69, 9.17) is 4.98 Å². The number of rotatable bonds is 5. The maximum atomic E-state index is 4.74. The van der Waals surface area contributed by atoms with E-state index < -0.39 is 0 Å². The molecule has 0 aliphatic carbocycles. The fraction of sp³-hybridized carbons (Fsp3) is 0.474. The van der Waals surface area contributed by atoms with Crippen molar-refractivity contribution in [1.29, 1.82) is 0 Å². The highest BCUT2D eigenvalue weighted by atomic mass is 15.2.